The van der Waals surface area contributed by atoms with Crippen LogP contribution in [0.3, 0.4) is 0 Å². The van der Waals surface area contributed by atoms with E-state index in [1.54, 1.807) is 19.2 Å². The summed E-state index contributed by atoms with van der Waals surface area (Å²) < 4.78 is 23.8. The smallest absolute Gasteiger partial charge is 0.347 e. The largest absolute Gasteiger partial charge is 0.426 e. The van der Waals surface area contributed by atoms with Gasteiger partial charge in [-0.1, -0.05) is 6.92 Å². The number of benzene rings is 2. The van der Waals surface area contributed by atoms with E-state index >= 15 is 0 Å². The molecule has 2 aromatic carbocycles. The highest BCUT2D eigenvalue weighted by atomic mass is 32.7. The Hall–Kier alpha value is -3.33. The lowest BCUT2D eigenvalue weighted by Crippen LogP contribution is -2.34. The SMILES string of the molecule is CCNC.COSP(c1ccc(OC(=O)c2ccc(NC(=O)CCCO[N+](=O)[O-])cc2OC(C)=O)cc1)N1CCOCC1. The molecular formula is C27H37N4O10PS. The Balaban J connectivity index is 0.00000151. The van der Waals surface area contributed by atoms with E-state index in [9.17, 15) is 24.5 Å². The Kier molecular flexibility index (Phi) is 16.5. The van der Waals surface area contributed by atoms with E-state index in [0.29, 0.717) is 19.0 Å². The van der Waals surface area contributed by atoms with Crippen LogP contribution in [0.1, 0.15) is 37.0 Å². The van der Waals surface area contributed by atoms with Crippen LogP contribution in [0.15, 0.2) is 42.5 Å². The summed E-state index contributed by atoms with van der Waals surface area (Å²) >= 11 is 1.39. The number of morpholine rings is 1. The number of esters is 2. The third kappa shape index (κ3) is 13.2. The summed E-state index contributed by atoms with van der Waals surface area (Å²) in [5.41, 5.74) is 0.247. The van der Waals surface area contributed by atoms with Gasteiger partial charge in [0, 0.05) is 55.2 Å². The molecule has 16 heteroatoms. The molecule has 236 valence electrons. The molecule has 0 aromatic heterocycles. The number of rotatable bonds is 14. The van der Waals surface area contributed by atoms with Crippen LogP contribution >= 0.6 is 18.9 Å². The van der Waals surface area contributed by atoms with Gasteiger partial charge >= 0.3 is 11.9 Å². The topological polar surface area (TPSA) is 168 Å². The first kappa shape index (κ1) is 35.9. The van der Waals surface area contributed by atoms with E-state index < -0.39 is 30.2 Å². The highest BCUT2D eigenvalue weighted by molar-refractivity contribution is 8.54. The number of carbonyl (C=O) groups excluding carboxylic acids is 3. The average molecular weight is 641 g/mol. The molecule has 1 amide bonds. The molecule has 43 heavy (non-hydrogen) atoms. The quantitative estimate of drug-likeness (QED) is 0.0586. The first-order valence-electron chi connectivity index (χ1n) is 13.4. The Morgan fingerprint density at radius 2 is 1.79 bits per heavy atom. The Labute approximate surface area is 255 Å². The molecule has 0 saturated carbocycles. The monoisotopic (exact) mass is 640 g/mol. The minimum absolute atomic E-state index is 0.0165. The van der Waals surface area contributed by atoms with E-state index in [4.69, 9.17) is 18.4 Å². The Morgan fingerprint density at radius 3 is 2.37 bits per heavy atom. The van der Waals surface area contributed by atoms with Crippen molar-refractivity contribution >= 4 is 47.8 Å². The predicted molar refractivity (Wildman–Crippen MR) is 163 cm³/mol. The Bertz CT molecular complexity index is 1200. The molecule has 0 bridgehead atoms. The molecule has 1 aliphatic heterocycles. The van der Waals surface area contributed by atoms with E-state index in [1.807, 2.05) is 19.2 Å². The average Bonchev–Trinajstić information content (AvgIpc) is 2.99. The lowest BCUT2D eigenvalue weighted by molar-refractivity contribution is -0.757. The first-order valence-corrected chi connectivity index (χ1v) is 16.0. The highest BCUT2D eigenvalue weighted by Gasteiger charge is 2.24. The minimum Gasteiger partial charge on any atom is -0.426 e. The molecule has 1 fully saturated rings. The lowest BCUT2D eigenvalue weighted by Gasteiger charge is -2.32. The van der Waals surface area contributed by atoms with Gasteiger partial charge in [-0.05, 0) is 56.4 Å². The van der Waals surface area contributed by atoms with Crippen molar-refractivity contribution in [3.05, 3.63) is 58.1 Å². The van der Waals surface area contributed by atoms with Gasteiger partial charge in [-0.3, -0.25) is 14.3 Å². The second kappa shape index (κ2) is 19.8. The van der Waals surface area contributed by atoms with Crippen LogP contribution in [0.5, 0.6) is 11.5 Å². The van der Waals surface area contributed by atoms with E-state index in [1.165, 1.54) is 36.8 Å². The van der Waals surface area contributed by atoms with Crippen LogP contribution in [0.2, 0.25) is 0 Å². The predicted octanol–water partition coefficient (Wildman–Crippen LogP) is 3.55. The Morgan fingerprint density at radius 1 is 1.12 bits per heavy atom. The molecule has 14 nitrogen and oxygen atoms in total. The third-order valence-corrected chi connectivity index (χ3v) is 9.64. The molecule has 1 heterocycles. The number of nitrogens with zero attached hydrogens (tertiary/aromatic N) is 2. The fraction of sp³-hybridized carbons (Fsp3) is 0.444. The number of hydrogen-bond donors (Lipinski definition) is 2. The summed E-state index contributed by atoms with van der Waals surface area (Å²) in [5, 5.41) is 15.8. The first-order chi connectivity index (χ1) is 20.7. The van der Waals surface area contributed by atoms with Gasteiger partial charge in [-0.15, -0.1) is 10.1 Å². The van der Waals surface area contributed by atoms with Crippen molar-refractivity contribution in [1.29, 1.82) is 0 Å². The van der Waals surface area contributed by atoms with Crippen molar-refractivity contribution in [2.45, 2.75) is 26.7 Å². The molecule has 1 atom stereocenters. The zero-order chi connectivity index (χ0) is 31.6. The summed E-state index contributed by atoms with van der Waals surface area (Å²) in [4.78, 5) is 51.0. The number of hydrogen-bond acceptors (Lipinski definition) is 13. The lowest BCUT2D eigenvalue weighted by atomic mass is 10.1. The second-order valence-corrected chi connectivity index (χ2v) is 12.3. The van der Waals surface area contributed by atoms with Crippen LogP contribution in [-0.2, 0) is 23.3 Å². The minimum atomic E-state index is -0.932. The van der Waals surface area contributed by atoms with Crippen LogP contribution < -0.4 is 25.4 Å². The molecule has 3 rings (SSSR count). The third-order valence-electron chi connectivity index (χ3n) is 5.50. The second-order valence-electron chi connectivity index (χ2n) is 8.68. The highest BCUT2D eigenvalue weighted by Crippen LogP contribution is 2.52. The zero-order valence-corrected chi connectivity index (χ0v) is 26.2. The van der Waals surface area contributed by atoms with Crippen molar-refractivity contribution in [2.75, 3.05) is 58.9 Å². The van der Waals surface area contributed by atoms with Crippen molar-refractivity contribution in [3.63, 3.8) is 0 Å². The van der Waals surface area contributed by atoms with Crippen LogP contribution in [0.4, 0.5) is 5.69 Å². The molecule has 0 spiro atoms. The fourth-order valence-electron chi connectivity index (χ4n) is 3.47. The molecule has 0 radical (unpaired) electrons. The van der Waals surface area contributed by atoms with Gasteiger partial charge in [0.15, 0.2) is 0 Å². The number of carbonyl (C=O) groups is 3. The molecule has 1 unspecified atom stereocenters. The zero-order valence-electron chi connectivity index (χ0n) is 24.5. The van der Waals surface area contributed by atoms with Gasteiger partial charge in [0.2, 0.25) is 5.91 Å². The van der Waals surface area contributed by atoms with E-state index in [-0.39, 0.29) is 36.4 Å². The van der Waals surface area contributed by atoms with Crippen LogP contribution in [-0.4, -0.2) is 81.2 Å². The maximum absolute atomic E-state index is 12.9. The molecule has 1 saturated heterocycles. The van der Waals surface area contributed by atoms with E-state index in [2.05, 4.69) is 27.1 Å². The standard InChI is InChI=1S/C24H28N3O10PS.C3H9N/c1-17(28)36-22-16-18(25-23(29)4-3-13-35-27(31)32)5-10-21(22)24(30)37-19-6-8-20(9-7-19)38(39-33-2)26-11-14-34-15-12-26;1-3-4-2/h5-10,16H,3-4,11-15H2,1-2H3,(H,25,29);4H,3H2,1-2H3. The maximum atomic E-state index is 12.9. The molecule has 1 aliphatic rings. The number of nitrogens with one attached hydrogen (secondary N) is 2. The van der Waals surface area contributed by atoms with Gasteiger partial charge in [0.25, 0.3) is 5.09 Å². The number of anilines is 1. The van der Waals surface area contributed by atoms with Crippen LogP contribution in [0.25, 0.3) is 0 Å². The van der Waals surface area contributed by atoms with Gasteiger partial charge in [-0.2, -0.15) is 0 Å². The van der Waals surface area contributed by atoms with Crippen molar-refractivity contribution in [2.24, 2.45) is 0 Å². The summed E-state index contributed by atoms with van der Waals surface area (Å²) in [6.45, 7) is 7.01. The fourth-order valence-corrected chi connectivity index (χ4v) is 6.87. The summed E-state index contributed by atoms with van der Waals surface area (Å²) in [5.74, 6) is -1.65. The van der Waals surface area contributed by atoms with Crippen molar-refractivity contribution in [3.8, 4) is 11.5 Å². The summed E-state index contributed by atoms with van der Waals surface area (Å²) in [6, 6.07) is 11.3. The van der Waals surface area contributed by atoms with Gasteiger partial charge in [-0.25, -0.2) is 4.79 Å². The molecule has 2 N–H and O–H groups in total. The van der Waals surface area contributed by atoms with Crippen molar-refractivity contribution < 1.29 is 42.7 Å². The number of amides is 1. The summed E-state index contributed by atoms with van der Waals surface area (Å²) in [7, 11) is 2.75. The van der Waals surface area contributed by atoms with E-state index in [0.717, 1.165) is 24.9 Å². The summed E-state index contributed by atoms with van der Waals surface area (Å²) in [6.07, 6.45) is 0.0957. The molecule has 0 aliphatic carbocycles. The number of ether oxygens (including phenoxy) is 3. The molecule has 2 aromatic rings. The van der Waals surface area contributed by atoms with Gasteiger partial charge in [0.05, 0.1) is 34.2 Å². The van der Waals surface area contributed by atoms with Crippen molar-refractivity contribution in [1.82, 2.24) is 9.99 Å². The molecular weight excluding hydrogens is 603 g/mol. The normalized spacial score (nSPS) is 13.6. The van der Waals surface area contributed by atoms with Gasteiger partial charge in [0.1, 0.15) is 17.1 Å². The van der Waals surface area contributed by atoms with Crippen LogP contribution in [0, 0.1) is 10.1 Å². The maximum Gasteiger partial charge on any atom is 0.347 e. The van der Waals surface area contributed by atoms with Gasteiger partial charge < -0.3 is 33.9 Å².